The Kier molecular flexibility index (Phi) is 3.81. The minimum atomic E-state index is -0.420. The van der Waals surface area contributed by atoms with Gasteiger partial charge in [-0.25, -0.2) is 4.90 Å². The molecule has 0 aliphatic rings. The van der Waals surface area contributed by atoms with E-state index < -0.39 is 11.8 Å². The van der Waals surface area contributed by atoms with Gasteiger partial charge in [0.05, 0.1) is 0 Å². The zero-order valence-corrected chi connectivity index (χ0v) is 7.49. The predicted octanol–water partition coefficient (Wildman–Crippen LogP) is 0.679. The van der Waals surface area contributed by atoms with Gasteiger partial charge in [0.15, 0.2) is 5.17 Å². The van der Waals surface area contributed by atoms with Gasteiger partial charge in [-0.3, -0.25) is 15.0 Å². The highest BCUT2D eigenvalue weighted by Gasteiger charge is 2.17. The van der Waals surface area contributed by atoms with E-state index in [0.717, 1.165) is 16.7 Å². The van der Waals surface area contributed by atoms with Crippen molar-refractivity contribution in [2.24, 2.45) is 0 Å². The summed E-state index contributed by atoms with van der Waals surface area (Å²) in [5.74, 6) is -0.839. The lowest BCUT2D eigenvalue weighted by molar-refractivity contribution is -0.136. The zero-order valence-electron chi connectivity index (χ0n) is 6.67. The molecule has 0 heterocycles. The largest absolute Gasteiger partial charge is 0.278 e. The highest BCUT2D eigenvalue weighted by atomic mass is 32.2. The lowest BCUT2D eigenvalue weighted by atomic mass is 10.5. The average Bonchev–Trinajstić information content (AvgIpc) is 1.85. The van der Waals surface area contributed by atoms with E-state index in [2.05, 4.69) is 0 Å². The molecule has 5 heteroatoms. The smallest absolute Gasteiger partial charge is 0.232 e. The van der Waals surface area contributed by atoms with Crippen LogP contribution in [0.4, 0.5) is 0 Å². The SMILES string of the molecule is CSC(=N)N(C(C)=O)C(C)=O. The van der Waals surface area contributed by atoms with Gasteiger partial charge in [0, 0.05) is 13.8 Å². The Labute approximate surface area is 69.5 Å². The fourth-order valence-electron chi connectivity index (χ4n) is 0.599. The molecule has 0 bridgehead atoms. The van der Waals surface area contributed by atoms with Gasteiger partial charge in [-0.05, 0) is 6.26 Å². The van der Waals surface area contributed by atoms with Crippen molar-refractivity contribution in [3.63, 3.8) is 0 Å². The molecule has 0 aromatic heterocycles. The first-order valence-corrected chi connectivity index (χ1v) is 4.17. The molecule has 0 radical (unpaired) electrons. The van der Waals surface area contributed by atoms with Crippen LogP contribution in [-0.4, -0.2) is 28.1 Å². The van der Waals surface area contributed by atoms with E-state index in [-0.39, 0.29) is 5.17 Å². The minimum Gasteiger partial charge on any atom is -0.278 e. The second-order valence-corrected chi connectivity index (χ2v) is 2.68. The van der Waals surface area contributed by atoms with Crippen LogP contribution in [0.15, 0.2) is 0 Å². The Morgan fingerprint density at radius 3 is 1.73 bits per heavy atom. The van der Waals surface area contributed by atoms with Crippen LogP contribution in [0.3, 0.4) is 0 Å². The third-order valence-electron chi connectivity index (χ3n) is 1.03. The topological polar surface area (TPSA) is 61.2 Å². The fourth-order valence-corrected chi connectivity index (χ4v) is 1.04. The average molecular weight is 174 g/mol. The molecule has 0 unspecified atom stereocenters. The van der Waals surface area contributed by atoms with Gasteiger partial charge in [-0.2, -0.15) is 0 Å². The summed E-state index contributed by atoms with van der Waals surface area (Å²) in [7, 11) is 0. The number of carbonyl (C=O) groups is 2. The number of carbonyl (C=O) groups excluding carboxylic acids is 2. The molecule has 0 aromatic carbocycles. The first-order chi connectivity index (χ1) is 5.00. The lowest BCUT2D eigenvalue weighted by Gasteiger charge is -2.15. The van der Waals surface area contributed by atoms with Crippen LogP contribution in [0.25, 0.3) is 0 Å². The van der Waals surface area contributed by atoms with Crippen LogP contribution in [0.1, 0.15) is 13.8 Å². The third kappa shape index (κ3) is 2.71. The highest BCUT2D eigenvalue weighted by Crippen LogP contribution is 2.03. The number of hydrogen-bond acceptors (Lipinski definition) is 4. The summed E-state index contributed by atoms with van der Waals surface area (Å²) in [6.07, 6.45) is 1.64. The number of nitrogens with one attached hydrogen (secondary N) is 1. The molecular formula is C6H10N2O2S. The molecule has 11 heavy (non-hydrogen) atoms. The Morgan fingerprint density at radius 1 is 1.27 bits per heavy atom. The Balaban J connectivity index is 4.47. The van der Waals surface area contributed by atoms with Gasteiger partial charge in [-0.15, -0.1) is 0 Å². The Hall–Kier alpha value is -0.840. The van der Waals surface area contributed by atoms with Crippen molar-refractivity contribution in [2.75, 3.05) is 6.26 Å². The summed E-state index contributed by atoms with van der Waals surface area (Å²) in [6, 6.07) is 0. The van der Waals surface area contributed by atoms with Crippen LogP contribution in [0.2, 0.25) is 0 Å². The van der Waals surface area contributed by atoms with Gasteiger partial charge >= 0.3 is 0 Å². The number of hydrogen-bond donors (Lipinski definition) is 1. The van der Waals surface area contributed by atoms with Crippen molar-refractivity contribution in [1.82, 2.24) is 4.90 Å². The molecular weight excluding hydrogens is 164 g/mol. The van der Waals surface area contributed by atoms with E-state index in [1.165, 1.54) is 13.8 Å². The molecule has 0 atom stereocenters. The van der Waals surface area contributed by atoms with E-state index in [0.29, 0.717) is 0 Å². The summed E-state index contributed by atoms with van der Waals surface area (Å²) in [4.78, 5) is 22.3. The zero-order chi connectivity index (χ0) is 9.02. The van der Waals surface area contributed by atoms with E-state index in [4.69, 9.17) is 5.41 Å². The van der Waals surface area contributed by atoms with Gasteiger partial charge in [0.25, 0.3) is 0 Å². The molecule has 0 spiro atoms. The van der Waals surface area contributed by atoms with Crippen LogP contribution in [-0.2, 0) is 9.59 Å². The molecule has 0 saturated carbocycles. The number of amidine groups is 1. The van der Waals surface area contributed by atoms with Crippen molar-refractivity contribution >= 4 is 28.7 Å². The normalized spacial score (nSPS) is 9.00. The number of amides is 2. The van der Waals surface area contributed by atoms with Crippen LogP contribution in [0.5, 0.6) is 0 Å². The molecule has 0 fully saturated rings. The van der Waals surface area contributed by atoms with Crippen molar-refractivity contribution in [3.8, 4) is 0 Å². The summed E-state index contributed by atoms with van der Waals surface area (Å²) < 4.78 is 0. The van der Waals surface area contributed by atoms with E-state index >= 15 is 0 Å². The standard InChI is InChI=1S/C6H10N2O2S/c1-4(9)8(5(2)10)6(7)11-3/h7H,1-3H3. The van der Waals surface area contributed by atoms with Crippen molar-refractivity contribution < 1.29 is 9.59 Å². The maximum atomic E-state index is 10.7. The summed E-state index contributed by atoms with van der Waals surface area (Å²) >= 11 is 1.06. The summed E-state index contributed by atoms with van der Waals surface area (Å²) in [5, 5.41) is 7.17. The number of thioether (sulfide) groups is 1. The predicted molar refractivity (Wildman–Crippen MR) is 44.4 cm³/mol. The molecule has 0 aliphatic heterocycles. The van der Waals surface area contributed by atoms with Crippen LogP contribution < -0.4 is 0 Å². The molecule has 4 nitrogen and oxygen atoms in total. The summed E-state index contributed by atoms with van der Waals surface area (Å²) in [6.45, 7) is 2.51. The van der Waals surface area contributed by atoms with Crippen LogP contribution >= 0.6 is 11.8 Å². The van der Waals surface area contributed by atoms with E-state index in [1.54, 1.807) is 6.26 Å². The first-order valence-electron chi connectivity index (χ1n) is 2.94. The van der Waals surface area contributed by atoms with Gasteiger partial charge in [-0.1, -0.05) is 11.8 Å². The first kappa shape index (κ1) is 10.2. The second kappa shape index (κ2) is 4.12. The van der Waals surface area contributed by atoms with Gasteiger partial charge < -0.3 is 0 Å². The third-order valence-corrected chi connectivity index (χ3v) is 1.60. The number of rotatable bonds is 0. The highest BCUT2D eigenvalue weighted by molar-refractivity contribution is 8.13. The molecule has 0 aromatic rings. The number of imide groups is 1. The van der Waals surface area contributed by atoms with E-state index in [1.807, 2.05) is 0 Å². The Bertz CT molecular complexity index is 189. The maximum absolute atomic E-state index is 10.7. The van der Waals surface area contributed by atoms with Crippen molar-refractivity contribution in [3.05, 3.63) is 0 Å². The second-order valence-electron chi connectivity index (χ2n) is 1.88. The van der Waals surface area contributed by atoms with E-state index in [9.17, 15) is 9.59 Å². The van der Waals surface area contributed by atoms with Crippen molar-refractivity contribution in [2.45, 2.75) is 13.8 Å². The minimum absolute atomic E-state index is 0.0370. The fraction of sp³-hybridized carbons (Fsp3) is 0.500. The number of nitrogens with zero attached hydrogens (tertiary/aromatic N) is 1. The molecule has 0 aliphatic carbocycles. The maximum Gasteiger partial charge on any atom is 0.232 e. The summed E-state index contributed by atoms with van der Waals surface area (Å²) in [5.41, 5.74) is 0. The molecule has 1 N–H and O–H groups in total. The Morgan fingerprint density at radius 2 is 1.64 bits per heavy atom. The van der Waals surface area contributed by atoms with Gasteiger partial charge in [0.2, 0.25) is 11.8 Å². The molecule has 0 saturated heterocycles. The molecule has 0 rings (SSSR count). The van der Waals surface area contributed by atoms with Crippen molar-refractivity contribution in [1.29, 1.82) is 5.41 Å². The molecule has 62 valence electrons. The monoisotopic (exact) mass is 174 g/mol. The molecule has 2 amide bonds. The quantitative estimate of drug-likeness (QED) is 0.434. The lowest BCUT2D eigenvalue weighted by Crippen LogP contribution is -2.36. The van der Waals surface area contributed by atoms with Crippen LogP contribution in [0, 0.1) is 5.41 Å². The van der Waals surface area contributed by atoms with Gasteiger partial charge in [0.1, 0.15) is 0 Å².